The van der Waals surface area contributed by atoms with Crippen LogP contribution in [0.5, 0.6) is 0 Å². The summed E-state index contributed by atoms with van der Waals surface area (Å²) >= 11 is 0. The Labute approximate surface area is 105 Å². The molecule has 0 unspecified atom stereocenters. The Morgan fingerprint density at radius 2 is 2.00 bits per heavy atom. The molecular weight excluding hydrogens is 214 g/mol. The zero-order valence-electron chi connectivity index (χ0n) is 11.3. The topological polar surface area (TPSA) is 50.9 Å². The van der Waals surface area contributed by atoms with Gasteiger partial charge in [-0.3, -0.25) is 0 Å². The normalized spacial score (nSPS) is 18.4. The van der Waals surface area contributed by atoms with Crippen LogP contribution in [0.15, 0.2) is 4.99 Å². The number of rotatable bonds is 6. The van der Waals surface area contributed by atoms with Crippen LogP contribution >= 0.6 is 0 Å². The fourth-order valence-corrected chi connectivity index (χ4v) is 2.23. The van der Waals surface area contributed by atoms with Crippen molar-refractivity contribution in [3.05, 3.63) is 0 Å². The second-order valence-electron chi connectivity index (χ2n) is 4.56. The third kappa shape index (κ3) is 5.39. The Bertz CT molecular complexity index is 225. The lowest BCUT2D eigenvalue weighted by Crippen LogP contribution is -2.40. The molecule has 0 saturated heterocycles. The fraction of sp³-hybridized carbons (Fsp3) is 0.923. The molecule has 1 fully saturated rings. The zero-order valence-corrected chi connectivity index (χ0v) is 11.3. The number of likely N-dealkylation sites (N-methyl/N-ethyl adjacent to an activating group) is 1. The van der Waals surface area contributed by atoms with Crippen molar-refractivity contribution in [3.63, 3.8) is 0 Å². The molecule has 0 aliphatic heterocycles. The molecule has 0 aromatic rings. The molecule has 100 valence electrons. The number of guanidine groups is 1. The summed E-state index contributed by atoms with van der Waals surface area (Å²) < 4.78 is 5.35. The molecule has 4 heteroatoms. The summed E-state index contributed by atoms with van der Waals surface area (Å²) in [6, 6.07) is 0.449. The van der Waals surface area contributed by atoms with Crippen LogP contribution in [-0.2, 0) is 4.74 Å². The van der Waals surface area contributed by atoms with Gasteiger partial charge in [0.15, 0.2) is 5.96 Å². The van der Waals surface area contributed by atoms with Crippen molar-refractivity contribution < 1.29 is 4.74 Å². The molecule has 0 bridgehead atoms. The molecule has 2 N–H and O–H groups in total. The second-order valence-corrected chi connectivity index (χ2v) is 4.56. The maximum Gasteiger partial charge on any atom is 0.191 e. The van der Waals surface area contributed by atoms with Gasteiger partial charge in [0.1, 0.15) is 0 Å². The molecule has 17 heavy (non-hydrogen) atoms. The van der Waals surface area contributed by atoms with Crippen LogP contribution in [0.25, 0.3) is 0 Å². The highest BCUT2D eigenvalue weighted by Gasteiger charge is 2.14. The van der Waals surface area contributed by atoms with Crippen LogP contribution in [0.4, 0.5) is 0 Å². The van der Waals surface area contributed by atoms with Gasteiger partial charge in [-0.2, -0.15) is 0 Å². The minimum absolute atomic E-state index is 0.449. The molecule has 1 aliphatic carbocycles. The van der Waals surface area contributed by atoms with Gasteiger partial charge < -0.3 is 15.4 Å². The summed E-state index contributed by atoms with van der Waals surface area (Å²) in [7, 11) is 0. The quantitative estimate of drug-likeness (QED) is 0.439. The van der Waals surface area contributed by atoms with Gasteiger partial charge in [-0.25, -0.2) is 4.99 Å². The Morgan fingerprint density at radius 1 is 1.29 bits per heavy atom. The van der Waals surface area contributed by atoms with E-state index in [1.807, 2.05) is 6.92 Å². The van der Waals surface area contributed by atoms with Crippen molar-refractivity contribution in [2.24, 2.45) is 10.7 Å². The van der Waals surface area contributed by atoms with Crippen LogP contribution in [0.1, 0.15) is 46.0 Å². The Hall–Kier alpha value is -0.770. The van der Waals surface area contributed by atoms with E-state index in [9.17, 15) is 0 Å². The lowest BCUT2D eigenvalue weighted by molar-refractivity contribution is 0.133. The van der Waals surface area contributed by atoms with E-state index in [2.05, 4.69) is 16.8 Å². The molecular formula is C13H27N3O. The lowest BCUT2D eigenvalue weighted by Gasteiger charge is -2.24. The smallest absolute Gasteiger partial charge is 0.191 e. The first-order chi connectivity index (χ1) is 8.27. The monoisotopic (exact) mass is 241 g/mol. The van der Waals surface area contributed by atoms with E-state index >= 15 is 0 Å². The second kappa shape index (κ2) is 8.34. The molecule has 1 aliphatic rings. The molecule has 0 radical (unpaired) electrons. The van der Waals surface area contributed by atoms with E-state index in [1.54, 1.807) is 0 Å². The Balaban J connectivity index is 2.39. The van der Waals surface area contributed by atoms with Gasteiger partial charge in [-0.05, 0) is 26.7 Å². The summed E-state index contributed by atoms with van der Waals surface area (Å²) in [4.78, 5) is 6.75. The van der Waals surface area contributed by atoms with E-state index < -0.39 is 0 Å². The average Bonchev–Trinajstić information content (AvgIpc) is 2.36. The zero-order chi connectivity index (χ0) is 12.5. The molecule has 0 spiro atoms. The molecule has 1 saturated carbocycles. The number of ether oxygens (including phenoxy) is 1. The minimum atomic E-state index is 0.449. The maximum absolute atomic E-state index is 6.06. The van der Waals surface area contributed by atoms with E-state index in [4.69, 9.17) is 10.5 Å². The first-order valence-electron chi connectivity index (χ1n) is 6.93. The molecule has 0 heterocycles. The fourth-order valence-electron chi connectivity index (χ4n) is 2.23. The van der Waals surface area contributed by atoms with Gasteiger partial charge in [0.05, 0.1) is 12.6 Å². The van der Waals surface area contributed by atoms with Crippen molar-refractivity contribution in [1.82, 2.24) is 4.90 Å². The highest BCUT2D eigenvalue weighted by molar-refractivity contribution is 5.78. The van der Waals surface area contributed by atoms with Crippen molar-refractivity contribution in [3.8, 4) is 0 Å². The van der Waals surface area contributed by atoms with Crippen molar-refractivity contribution >= 4 is 5.96 Å². The van der Waals surface area contributed by atoms with Crippen LogP contribution < -0.4 is 5.73 Å². The van der Waals surface area contributed by atoms with Gasteiger partial charge in [0, 0.05) is 19.7 Å². The summed E-state index contributed by atoms with van der Waals surface area (Å²) in [6.07, 6.45) is 6.35. The largest absolute Gasteiger partial charge is 0.380 e. The lowest BCUT2D eigenvalue weighted by atomic mass is 9.96. The van der Waals surface area contributed by atoms with Crippen molar-refractivity contribution in [2.45, 2.75) is 52.0 Å². The third-order valence-corrected chi connectivity index (χ3v) is 3.30. The summed E-state index contributed by atoms with van der Waals surface area (Å²) in [5, 5.41) is 0. The molecule has 0 amide bonds. The number of hydrogen-bond donors (Lipinski definition) is 1. The highest BCUT2D eigenvalue weighted by Crippen LogP contribution is 2.20. The molecule has 0 aromatic carbocycles. The predicted octanol–water partition coefficient (Wildman–Crippen LogP) is 1.99. The third-order valence-electron chi connectivity index (χ3n) is 3.30. The first-order valence-corrected chi connectivity index (χ1v) is 6.93. The minimum Gasteiger partial charge on any atom is -0.380 e. The first kappa shape index (κ1) is 14.3. The predicted molar refractivity (Wildman–Crippen MR) is 72.2 cm³/mol. The summed E-state index contributed by atoms with van der Waals surface area (Å²) in [5.41, 5.74) is 6.06. The van der Waals surface area contributed by atoms with Crippen molar-refractivity contribution in [2.75, 3.05) is 26.3 Å². The Kier molecular flexibility index (Phi) is 7.01. The van der Waals surface area contributed by atoms with E-state index in [0.717, 1.165) is 26.3 Å². The van der Waals surface area contributed by atoms with Gasteiger partial charge >= 0.3 is 0 Å². The number of nitrogens with two attached hydrogens (primary N) is 1. The standard InChI is InChI=1S/C13H27N3O/c1-3-16(10-11-17-4-2)13(14)15-12-8-6-5-7-9-12/h12H,3-11H2,1-2H3,(H2,14,15). The number of aliphatic imine (C=N–C) groups is 1. The summed E-state index contributed by atoms with van der Waals surface area (Å²) in [6.45, 7) is 7.34. The van der Waals surface area contributed by atoms with E-state index in [-0.39, 0.29) is 0 Å². The van der Waals surface area contributed by atoms with Crippen LogP contribution in [-0.4, -0.2) is 43.2 Å². The van der Waals surface area contributed by atoms with Crippen LogP contribution in [0.2, 0.25) is 0 Å². The number of nitrogens with zero attached hydrogens (tertiary/aromatic N) is 2. The van der Waals surface area contributed by atoms with Gasteiger partial charge in [-0.1, -0.05) is 19.3 Å². The van der Waals surface area contributed by atoms with Gasteiger partial charge in [-0.15, -0.1) is 0 Å². The van der Waals surface area contributed by atoms with Gasteiger partial charge in [0.2, 0.25) is 0 Å². The summed E-state index contributed by atoms with van der Waals surface area (Å²) in [5.74, 6) is 0.694. The van der Waals surface area contributed by atoms with Crippen LogP contribution in [0, 0.1) is 0 Å². The molecule has 1 rings (SSSR count). The van der Waals surface area contributed by atoms with E-state index in [0.29, 0.717) is 12.0 Å². The van der Waals surface area contributed by atoms with E-state index in [1.165, 1.54) is 32.1 Å². The number of hydrogen-bond acceptors (Lipinski definition) is 2. The van der Waals surface area contributed by atoms with Crippen LogP contribution in [0.3, 0.4) is 0 Å². The molecule has 0 atom stereocenters. The molecule has 0 aromatic heterocycles. The van der Waals surface area contributed by atoms with Crippen molar-refractivity contribution in [1.29, 1.82) is 0 Å². The SMILES string of the molecule is CCOCCN(CC)C(N)=NC1CCCCC1. The maximum atomic E-state index is 6.06. The average molecular weight is 241 g/mol. The van der Waals surface area contributed by atoms with Gasteiger partial charge in [0.25, 0.3) is 0 Å². The Morgan fingerprint density at radius 3 is 2.59 bits per heavy atom. The molecule has 4 nitrogen and oxygen atoms in total. The highest BCUT2D eigenvalue weighted by atomic mass is 16.5.